The van der Waals surface area contributed by atoms with E-state index in [4.69, 9.17) is 15.2 Å². The summed E-state index contributed by atoms with van der Waals surface area (Å²) in [6, 6.07) is 0. The molecule has 20 heavy (non-hydrogen) atoms. The third-order valence-corrected chi connectivity index (χ3v) is 3.00. The first-order valence-electron chi connectivity index (χ1n) is 6.51. The zero-order valence-corrected chi connectivity index (χ0v) is 11.8. The Hall–Kier alpha value is -1.22. The molecule has 0 spiro atoms. The van der Waals surface area contributed by atoms with Gasteiger partial charge in [0.2, 0.25) is 11.8 Å². The lowest BCUT2D eigenvalue weighted by atomic mass is 10.0. The Bertz CT molecular complexity index is 339. The van der Waals surface area contributed by atoms with Crippen LogP contribution in [0.1, 0.15) is 6.42 Å². The third kappa shape index (κ3) is 6.29. The van der Waals surface area contributed by atoms with E-state index >= 15 is 0 Å². The Labute approximate surface area is 118 Å². The Morgan fingerprint density at radius 2 is 2.30 bits per heavy atom. The van der Waals surface area contributed by atoms with Crippen molar-refractivity contribution >= 4 is 11.8 Å². The SMILES string of the molecule is COCC(=O)NCC1(O)COCCN(CCC(N)=O)C1. The number of aliphatic hydroxyl groups is 1. The monoisotopic (exact) mass is 289 g/mol. The van der Waals surface area contributed by atoms with Crippen molar-refractivity contribution in [1.82, 2.24) is 10.2 Å². The van der Waals surface area contributed by atoms with Gasteiger partial charge in [-0.3, -0.25) is 14.5 Å². The minimum absolute atomic E-state index is 0.0532. The number of nitrogens with one attached hydrogen (secondary N) is 1. The standard InChI is InChI=1S/C12H23N3O5/c1-19-6-11(17)14-7-12(18)8-15(3-2-10(13)16)4-5-20-9-12/h18H,2-9H2,1H3,(H2,13,16)(H,14,17). The van der Waals surface area contributed by atoms with Gasteiger partial charge >= 0.3 is 0 Å². The Morgan fingerprint density at radius 1 is 1.55 bits per heavy atom. The van der Waals surface area contributed by atoms with Crippen molar-refractivity contribution in [1.29, 1.82) is 0 Å². The summed E-state index contributed by atoms with van der Waals surface area (Å²) in [6.07, 6.45) is 0.228. The average molecular weight is 289 g/mol. The summed E-state index contributed by atoms with van der Waals surface area (Å²) < 4.78 is 10.0. The first-order chi connectivity index (χ1) is 9.45. The quantitative estimate of drug-likeness (QED) is 0.485. The lowest BCUT2D eigenvalue weighted by molar-refractivity contribution is -0.126. The van der Waals surface area contributed by atoms with E-state index in [-0.39, 0.29) is 38.0 Å². The van der Waals surface area contributed by atoms with E-state index in [2.05, 4.69) is 5.32 Å². The van der Waals surface area contributed by atoms with Crippen LogP contribution in [0.15, 0.2) is 0 Å². The van der Waals surface area contributed by atoms with Gasteiger partial charge in [-0.25, -0.2) is 0 Å². The Morgan fingerprint density at radius 3 is 2.95 bits per heavy atom. The van der Waals surface area contributed by atoms with Crippen LogP contribution in [0.3, 0.4) is 0 Å². The molecule has 1 fully saturated rings. The molecule has 0 aromatic carbocycles. The number of primary amides is 1. The maximum absolute atomic E-state index is 11.3. The van der Waals surface area contributed by atoms with Gasteiger partial charge in [0.25, 0.3) is 0 Å². The van der Waals surface area contributed by atoms with Crippen LogP contribution in [0, 0.1) is 0 Å². The molecule has 0 saturated carbocycles. The molecule has 116 valence electrons. The zero-order chi connectivity index (χ0) is 15.0. The van der Waals surface area contributed by atoms with Crippen molar-refractivity contribution in [3.8, 4) is 0 Å². The van der Waals surface area contributed by atoms with E-state index in [9.17, 15) is 14.7 Å². The van der Waals surface area contributed by atoms with Gasteiger partial charge in [-0.1, -0.05) is 0 Å². The first kappa shape index (κ1) is 16.8. The van der Waals surface area contributed by atoms with Crippen molar-refractivity contribution < 1.29 is 24.2 Å². The summed E-state index contributed by atoms with van der Waals surface area (Å²) in [5.41, 5.74) is 3.93. The number of nitrogens with two attached hydrogens (primary N) is 1. The summed E-state index contributed by atoms with van der Waals surface area (Å²) in [5, 5.41) is 13.1. The van der Waals surface area contributed by atoms with Crippen LogP contribution in [0.25, 0.3) is 0 Å². The fourth-order valence-corrected chi connectivity index (χ4v) is 2.01. The summed E-state index contributed by atoms with van der Waals surface area (Å²) in [4.78, 5) is 24.1. The second-order valence-electron chi connectivity index (χ2n) is 4.98. The number of carbonyl (C=O) groups is 2. The van der Waals surface area contributed by atoms with Gasteiger partial charge in [0, 0.05) is 39.7 Å². The number of ether oxygens (including phenoxy) is 2. The molecule has 1 atom stereocenters. The maximum atomic E-state index is 11.3. The number of β-amino-alcohol motifs (C(OH)–C–C–N with tert-alkyl or cyclic N) is 1. The number of carbonyl (C=O) groups excluding carboxylic acids is 2. The van der Waals surface area contributed by atoms with Gasteiger partial charge < -0.3 is 25.6 Å². The molecule has 1 rings (SSSR count). The van der Waals surface area contributed by atoms with E-state index in [1.54, 1.807) is 0 Å². The summed E-state index contributed by atoms with van der Waals surface area (Å²) in [5.74, 6) is -0.680. The average Bonchev–Trinajstić information content (AvgIpc) is 2.57. The molecular weight excluding hydrogens is 266 g/mol. The van der Waals surface area contributed by atoms with Crippen LogP contribution in [0.5, 0.6) is 0 Å². The van der Waals surface area contributed by atoms with Crippen LogP contribution in [0.2, 0.25) is 0 Å². The van der Waals surface area contributed by atoms with Crippen molar-refractivity contribution in [2.24, 2.45) is 5.73 Å². The zero-order valence-electron chi connectivity index (χ0n) is 11.8. The van der Waals surface area contributed by atoms with Crippen LogP contribution in [-0.2, 0) is 19.1 Å². The summed E-state index contributed by atoms with van der Waals surface area (Å²) >= 11 is 0. The molecule has 1 saturated heterocycles. The number of amides is 2. The fourth-order valence-electron chi connectivity index (χ4n) is 2.01. The van der Waals surface area contributed by atoms with E-state index in [1.165, 1.54) is 7.11 Å². The van der Waals surface area contributed by atoms with Gasteiger partial charge in [-0.15, -0.1) is 0 Å². The molecule has 1 heterocycles. The van der Waals surface area contributed by atoms with Crippen molar-refractivity contribution in [2.75, 3.05) is 53.1 Å². The molecule has 2 amide bonds. The minimum atomic E-state index is -1.18. The molecule has 0 aromatic heterocycles. The van der Waals surface area contributed by atoms with Crippen LogP contribution in [-0.4, -0.2) is 80.5 Å². The van der Waals surface area contributed by atoms with E-state index in [1.807, 2.05) is 4.90 Å². The smallest absolute Gasteiger partial charge is 0.246 e. The summed E-state index contributed by atoms with van der Waals surface area (Å²) in [6.45, 7) is 2.01. The maximum Gasteiger partial charge on any atom is 0.246 e. The van der Waals surface area contributed by atoms with E-state index in [0.29, 0.717) is 26.2 Å². The highest BCUT2D eigenvalue weighted by Crippen LogP contribution is 2.12. The number of nitrogens with zero attached hydrogens (tertiary/aromatic N) is 1. The molecule has 0 aromatic rings. The molecule has 8 nitrogen and oxygen atoms in total. The lowest BCUT2D eigenvalue weighted by Crippen LogP contribution is -2.53. The second kappa shape index (κ2) is 8.15. The van der Waals surface area contributed by atoms with Gasteiger partial charge in [-0.05, 0) is 0 Å². The topological polar surface area (TPSA) is 114 Å². The van der Waals surface area contributed by atoms with Gasteiger partial charge in [0.05, 0.1) is 13.2 Å². The largest absolute Gasteiger partial charge is 0.384 e. The first-order valence-corrected chi connectivity index (χ1v) is 6.51. The van der Waals surface area contributed by atoms with Gasteiger partial charge in [0.1, 0.15) is 12.2 Å². The Kier molecular flexibility index (Phi) is 6.86. The normalized spacial score (nSPS) is 24.1. The summed E-state index contributed by atoms with van der Waals surface area (Å²) in [7, 11) is 1.43. The fraction of sp³-hybridized carbons (Fsp3) is 0.833. The molecule has 1 aliphatic heterocycles. The highest BCUT2D eigenvalue weighted by molar-refractivity contribution is 5.77. The number of hydrogen-bond acceptors (Lipinski definition) is 6. The minimum Gasteiger partial charge on any atom is -0.384 e. The molecule has 0 aliphatic carbocycles. The highest BCUT2D eigenvalue weighted by Gasteiger charge is 2.32. The Balaban J connectivity index is 2.48. The highest BCUT2D eigenvalue weighted by atomic mass is 16.5. The predicted octanol–water partition coefficient (Wildman–Crippen LogP) is -2.31. The second-order valence-corrected chi connectivity index (χ2v) is 4.98. The number of methoxy groups -OCH3 is 1. The molecular formula is C12H23N3O5. The lowest BCUT2D eigenvalue weighted by Gasteiger charge is -2.30. The van der Waals surface area contributed by atoms with Crippen molar-refractivity contribution in [3.63, 3.8) is 0 Å². The molecule has 1 unspecified atom stereocenters. The molecule has 0 bridgehead atoms. The predicted molar refractivity (Wildman–Crippen MR) is 70.9 cm³/mol. The third-order valence-electron chi connectivity index (χ3n) is 3.00. The van der Waals surface area contributed by atoms with E-state index in [0.717, 1.165) is 0 Å². The van der Waals surface area contributed by atoms with Gasteiger partial charge in [0.15, 0.2) is 0 Å². The molecule has 8 heteroatoms. The number of rotatable bonds is 7. The van der Waals surface area contributed by atoms with E-state index < -0.39 is 5.60 Å². The molecule has 4 N–H and O–H groups in total. The van der Waals surface area contributed by atoms with Crippen molar-refractivity contribution in [3.05, 3.63) is 0 Å². The molecule has 0 radical (unpaired) electrons. The van der Waals surface area contributed by atoms with Crippen molar-refractivity contribution in [2.45, 2.75) is 12.0 Å². The van der Waals surface area contributed by atoms with Crippen LogP contribution < -0.4 is 11.1 Å². The van der Waals surface area contributed by atoms with Gasteiger partial charge in [-0.2, -0.15) is 0 Å². The number of hydrogen-bond donors (Lipinski definition) is 3. The van der Waals surface area contributed by atoms with Crippen LogP contribution in [0.4, 0.5) is 0 Å². The molecule has 1 aliphatic rings. The van der Waals surface area contributed by atoms with Crippen LogP contribution >= 0.6 is 0 Å².